The van der Waals surface area contributed by atoms with Crippen molar-refractivity contribution < 1.29 is 0 Å². The minimum Gasteiger partial charge on any atom is -0.370 e. The summed E-state index contributed by atoms with van der Waals surface area (Å²) in [6, 6.07) is 4.54. The summed E-state index contributed by atoms with van der Waals surface area (Å²) >= 11 is 0. The van der Waals surface area contributed by atoms with Crippen molar-refractivity contribution in [1.29, 1.82) is 0 Å². The molecule has 1 aliphatic rings. The summed E-state index contributed by atoms with van der Waals surface area (Å²) in [7, 11) is 0. The van der Waals surface area contributed by atoms with Gasteiger partial charge >= 0.3 is 0 Å². The SMILES string of the molecule is CC(N)C(C)CNc1ccc2c(n1)CCCC2. The van der Waals surface area contributed by atoms with Crippen molar-refractivity contribution in [2.75, 3.05) is 11.9 Å². The first kappa shape index (κ1) is 12.4. The molecule has 0 bridgehead atoms. The van der Waals surface area contributed by atoms with Gasteiger partial charge in [-0.25, -0.2) is 4.98 Å². The van der Waals surface area contributed by atoms with E-state index in [0.29, 0.717) is 5.92 Å². The Labute approximate surface area is 104 Å². The average Bonchev–Trinajstić information content (AvgIpc) is 2.35. The van der Waals surface area contributed by atoms with E-state index in [-0.39, 0.29) is 6.04 Å². The Morgan fingerprint density at radius 2 is 2.06 bits per heavy atom. The van der Waals surface area contributed by atoms with Crippen molar-refractivity contribution in [2.45, 2.75) is 45.6 Å². The third-order valence-electron chi connectivity index (χ3n) is 3.68. The molecule has 0 fully saturated rings. The maximum Gasteiger partial charge on any atom is 0.126 e. The lowest BCUT2D eigenvalue weighted by Crippen LogP contribution is -2.29. The van der Waals surface area contributed by atoms with Crippen LogP contribution in [0.1, 0.15) is 37.9 Å². The molecule has 2 rings (SSSR count). The van der Waals surface area contributed by atoms with Crippen molar-refractivity contribution in [2.24, 2.45) is 11.7 Å². The van der Waals surface area contributed by atoms with Crippen LogP contribution in [0.4, 0.5) is 5.82 Å². The average molecular weight is 233 g/mol. The first-order valence-electron chi connectivity index (χ1n) is 6.65. The molecule has 17 heavy (non-hydrogen) atoms. The Bertz CT molecular complexity index is 374. The lowest BCUT2D eigenvalue weighted by atomic mass is 9.96. The highest BCUT2D eigenvalue weighted by Gasteiger charge is 2.12. The number of hydrogen-bond donors (Lipinski definition) is 2. The Balaban J connectivity index is 1.97. The zero-order chi connectivity index (χ0) is 12.3. The lowest BCUT2D eigenvalue weighted by Gasteiger charge is -2.19. The predicted octanol–water partition coefficient (Wildman–Crippen LogP) is 2.36. The highest BCUT2D eigenvalue weighted by atomic mass is 15.0. The van der Waals surface area contributed by atoms with Gasteiger partial charge in [0.25, 0.3) is 0 Å². The Kier molecular flexibility index (Phi) is 4.00. The van der Waals surface area contributed by atoms with E-state index >= 15 is 0 Å². The summed E-state index contributed by atoms with van der Waals surface area (Å²) in [5.41, 5.74) is 8.57. The van der Waals surface area contributed by atoms with Crippen LogP contribution in [0.15, 0.2) is 12.1 Å². The molecule has 0 radical (unpaired) electrons. The molecule has 94 valence electrons. The van der Waals surface area contributed by atoms with Gasteiger partial charge in [0.1, 0.15) is 5.82 Å². The second kappa shape index (κ2) is 5.50. The molecule has 0 saturated heterocycles. The van der Waals surface area contributed by atoms with E-state index in [1.807, 2.05) is 6.92 Å². The van der Waals surface area contributed by atoms with Gasteiger partial charge in [-0.05, 0) is 50.2 Å². The molecule has 0 aromatic carbocycles. The molecule has 1 aliphatic carbocycles. The highest BCUT2D eigenvalue weighted by molar-refractivity contribution is 5.39. The van der Waals surface area contributed by atoms with Crippen molar-refractivity contribution in [3.8, 4) is 0 Å². The zero-order valence-electron chi connectivity index (χ0n) is 10.9. The first-order valence-corrected chi connectivity index (χ1v) is 6.65. The largest absolute Gasteiger partial charge is 0.370 e. The fourth-order valence-corrected chi connectivity index (χ4v) is 2.13. The van der Waals surface area contributed by atoms with Gasteiger partial charge in [-0.15, -0.1) is 0 Å². The van der Waals surface area contributed by atoms with Crippen LogP contribution in [0, 0.1) is 5.92 Å². The molecule has 2 unspecified atom stereocenters. The number of nitrogens with zero attached hydrogens (tertiary/aromatic N) is 1. The van der Waals surface area contributed by atoms with Gasteiger partial charge in [-0.1, -0.05) is 13.0 Å². The number of pyridine rings is 1. The molecule has 3 nitrogen and oxygen atoms in total. The molecule has 3 heteroatoms. The third-order valence-corrected chi connectivity index (χ3v) is 3.68. The van der Waals surface area contributed by atoms with E-state index in [1.165, 1.54) is 30.5 Å². The van der Waals surface area contributed by atoms with Crippen LogP contribution in [0.25, 0.3) is 0 Å². The number of anilines is 1. The van der Waals surface area contributed by atoms with Crippen LogP contribution in [-0.2, 0) is 12.8 Å². The smallest absolute Gasteiger partial charge is 0.126 e. The van der Waals surface area contributed by atoms with Crippen molar-refractivity contribution in [1.82, 2.24) is 4.98 Å². The number of nitrogens with two attached hydrogens (primary N) is 1. The van der Waals surface area contributed by atoms with Crippen LogP contribution in [0.3, 0.4) is 0 Å². The van der Waals surface area contributed by atoms with Crippen LogP contribution in [0.5, 0.6) is 0 Å². The monoisotopic (exact) mass is 233 g/mol. The summed E-state index contributed by atoms with van der Waals surface area (Å²) in [4.78, 5) is 4.69. The van der Waals surface area contributed by atoms with Crippen molar-refractivity contribution in [3.63, 3.8) is 0 Å². The Hall–Kier alpha value is -1.09. The maximum absolute atomic E-state index is 5.85. The summed E-state index contributed by atoms with van der Waals surface area (Å²) in [6.45, 7) is 5.10. The fraction of sp³-hybridized carbons (Fsp3) is 0.643. The molecular weight excluding hydrogens is 210 g/mol. The number of aryl methyl sites for hydroxylation is 2. The Morgan fingerprint density at radius 3 is 2.82 bits per heavy atom. The third kappa shape index (κ3) is 3.19. The van der Waals surface area contributed by atoms with Crippen molar-refractivity contribution >= 4 is 5.82 Å². The molecule has 0 amide bonds. The van der Waals surface area contributed by atoms with E-state index in [2.05, 4.69) is 24.4 Å². The molecular formula is C14H23N3. The topological polar surface area (TPSA) is 50.9 Å². The lowest BCUT2D eigenvalue weighted by molar-refractivity contribution is 0.506. The van der Waals surface area contributed by atoms with Crippen LogP contribution < -0.4 is 11.1 Å². The summed E-state index contributed by atoms with van der Waals surface area (Å²) in [6.07, 6.45) is 4.91. The normalized spacial score (nSPS) is 18.3. The van der Waals surface area contributed by atoms with Gasteiger partial charge in [0, 0.05) is 18.3 Å². The maximum atomic E-state index is 5.85. The number of fused-ring (bicyclic) bond motifs is 1. The zero-order valence-corrected chi connectivity index (χ0v) is 10.9. The van der Waals surface area contributed by atoms with Gasteiger partial charge in [-0.2, -0.15) is 0 Å². The molecule has 0 aliphatic heterocycles. The molecule has 1 heterocycles. The van der Waals surface area contributed by atoms with Gasteiger partial charge in [0.15, 0.2) is 0 Å². The van der Waals surface area contributed by atoms with Crippen molar-refractivity contribution in [3.05, 3.63) is 23.4 Å². The van der Waals surface area contributed by atoms with Crippen LogP contribution in [0.2, 0.25) is 0 Å². The van der Waals surface area contributed by atoms with Gasteiger partial charge < -0.3 is 11.1 Å². The molecule has 0 saturated carbocycles. The fourth-order valence-electron chi connectivity index (χ4n) is 2.13. The number of hydrogen-bond acceptors (Lipinski definition) is 3. The second-order valence-corrected chi connectivity index (χ2v) is 5.23. The highest BCUT2D eigenvalue weighted by Crippen LogP contribution is 2.21. The molecule has 1 aromatic rings. The molecule has 3 N–H and O–H groups in total. The summed E-state index contributed by atoms with van der Waals surface area (Å²) < 4.78 is 0. The summed E-state index contributed by atoms with van der Waals surface area (Å²) in [5.74, 6) is 1.46. The minimum absolute atomic E-state index is 0.222. The van der Waals surface area contributed by atoms with E-state index < -0.39 is 0 Å². The molecule has 1 aromatic heterocycles. The minimum atomic E-state index is 0.222. The van der Waals surface area contributed by atoms with E-state index in [1.54, 1.807) is 0 Å². The summed E-state index contributed by atoms with van der Waals surface area (Å²) in [5, 5.41) is 3.38. The molecule has 0 spiro atoms. The predicted molar refractivity (Wildman–Crippen MR) is 72.2 cm³/mol. The van der Waals surface area contributed by atoms with E-state index in [9.17, 15) is 0 Å². The van der Waals surface area contributed by atoms with E-state index in [0.717, 1.165) is 18.8 Å². The quantitative estimate of drug-likeness (QED) is 0.839. The van der Waals surface area contributed by atoms with E-state index in [4.69, 9.17) is 10.7 Å². The second-order valence-electron chi connectivity index (χ2n) is 5.23. The standard InChI is InChI=1S/C14H23N3/c1-10(11(2)15)9-16-14-8-7-12-5-3-4-6-13(12)17-14/h7-8,10-11H,3-6,9,15H2,1-2H3,(H,16,17). The van der Waals surface area contributed by atoms with Gasteiger partial charge in [-0.3, -0.25) is 0 Å². The number of rotatable bonds is 4. The van der Waals surface area contributed by atoms with Gasteiger partial charge in [0.2, 0.25) is 0 Å². The number of aromatic nitrogens is 1. The Morgan fingerprint density at radius 1 is 1.29 bits per heavy atom. The first-order chi connectivity index (χ1) is 8.16. The van der Waals surface area contributed by atoms with Crippen LogP contribution >= 0.6 is 0 Å². The number of nitrogens with one attached hydrogen (secondary N) is 1. The molecule has 2 atom stereocenters. The van der Waals surface area contributed by atoms with Crippen LogP contribution in [-0.4, -0.2) is 17.6 Å². The van der Waals surface area contributed by atoms with Gasteiger partial charge in [0.05, 0.1) is 0 Å².